The van der Waals surface area contributed by atoms with Crippen LogP contribution in [0.1, 0.15) is 11.1 Å². The summed E-state index contributed by atoms with van der Waals surface area (Å²) in [5.41, 5.74) is 4.25. The van der Waals surface area contributed by atoms with E-state index in [1.807, 2.05) is 18.2 Å². The van der Waals surface area contributed by atoms with Crippen LogP contribution >= 0.6 is 0 Å². The predicted octanol–water partition coefficient (Wildman–Crippen LogP) is -0.361. The van der Waals surface area contributed by atoms with Gasteiger partial charge in [-0.25, -0.2) is 0 Å². The summed E-state index contributed by atoms with van der Waals surface area (Å²) in [4.78, 5) is 24.8. The molecule has 0 saturated carbocycles. The summed E-state index contributed by atoms with van der Waals surface area (Å²) in [5, 5.41) is 11.1. The first-order chi connectivity index (χ1) is 11.5. The van der Waals surface area contributed by atoms with E-state index in [2.05, 4.69) is 12.1 Å². The first-order valence-corrected chi connectivity index (χ1v) is 7.99. The number of quaternary nitrogens is 1. The number of rotatable bonds is 1. The van der Waals surface area contributed by atoms with Crippen LogP contribution in [-0.2, 0) is 17.8 Å². The molecule has 1 unspecified atom stereocenters. The third kappa shape index (κ3) is 2.67. The minimum atomic E-state index is -0.414. The molecule has 2 aromatic rings. The Morgan fingerprint density at radius 2 is 1.84 bits per heavy atom. The lowest BCUT2D eigenvalue weighted by Crippen LogP contribution is -3.00. The lowest BCUT2D eigenvalue weighted by atomic mass is 9.95. The molecule has 2 aliphatic heterocycles. The number of benzene rings is 2. The van der Waals surface area contributed by atoms with Crippen molar-refractivity contribution in [2.75, 3.05) is 25.0 Å². The molecule has 1 amide bonds. The van der Waals surface area contributed by atoms with Crippen LogP contribution in [0, 0.1) is 10.1 Å². The molecule has 0 aliphatic carbocycles. The third-order valence-corrected chi connectivity index (χ3v) is 5.25. The molecule has 1 spiro atoms. The molecule has 2 aliphatic rings. The molecule has 0 N–H and O–H groups in total. The number of non-ortho nitro benzene ring substituents is 1. The Morgan fingerprint density at radius 1 is 1.12 bits per heavy atom. The van der Waals surface area contributed by atoms with Crippen molar-refractivity contribution < 1.29 is 22.1 Å². The van der Waals surface area contributed by atoms with Gasteiger partial charge in [-0.15, -0.1) is 0 Å². The molecule has 2 heterocycles. The first-order valence-electron chi connectivity index (χ1n) is 7.99. The normalized spacial score (nSPS) is 21.3. The third-order valence-electron chi connectivity index (χ3n) is 5.25. The van der Waals surface area contributed by atoms with Gasteiger partial charge in [-0.1, -0.05) is 24.3 Å². The van der Waals surface area contributed by atoms with Crippen LogP contribution in [0.3, 0.4) is 0 Å². The number of carbonyl (C=O) groups is 1. The lowest BCUT2D eigenvalue weighted by molar-refractivity contribution is -0.384. The highest BCUT2D eigenvalue weighted by Gasteiger charge is 2.44. The minimum Gasteiger partial charge on any atom is -1.00 e. The Morgan fingerprint density at radius 3 is 2.56 bits per heavy atom. The van der Waals surface area contributed by atoms with Crippen molar-refractivity contribution >= 4 is 23.0 Å². The second-order valence-electron chi connectivity index (χ2n) is 6.59. The maximum atomic E-state index is 12.6. The Kier molecular flexibility index (Phi) is 4.26. The van der Waals surface area contributed by atoms with E-state index < -0.39 is 4.92 Å². The minimum absolute atomic E-state index is 0. The van der Waals surface area contributed by atoms with Crippen molar-refractivity contribution in [1.82, 2.24) is 4.48 Å². The molecule has 1 atom stereocenters. The Bertz CT molecular complexity index is 870. The Balaban J connectivity index is 0.00000182. The maximum Gasteiger partial charge on any atom is 0.282 e. The summed E-state index contributed by atoms with van der Waals surface area (Å²) in [6.07, 6.45) is 0.906. The van der Waals surface area contributed by atoms with Crippen LogP contribution in [0.2, 0.25) is 0 Å². The molecule has 0 fully saturated rings. The van der Waals surface area contributed by atoms with E-state index >= 15 is 0 Å². The SMILES string of the molecule is CN1C(=O)C[N+]2(CCc3ccccc3C2)c2ccc([N+](=O)[O-])cc21.[Cl-]. The number of hydrogen-bond donors (Lipinski definition) is 0. The molecule has 130 valence electrons. The molecule has 0 aromatic heterocycles. The van der Waals surface area contributed by atoms with Gasteiger partial charge in [0, 0.05) is 37.2 Å². The van der Waals surface area contributed by atoms with Crippen LogP contribution < -0.4 is 21.8 Å². The fourth-order valence-electron chi connectivity index (χ4n) is 3.92. The maximum absolute atomic E-state index is 12.6. The van der Waals surface area contributed by atoms with Gasteiger partial charge < -0.3 is 17.3 Å². The van der Waals surface area contributed by atoms with E-state index in [-0.39, 0.29) is 24.0 Å². The van der Waals surface area contributed by atoms with Crippen molar-refractivity contribution in [2.24, 2.45) is 0 Å². The van der Waals surface area contributed by atoms with Gasteiger partial charge in [0.25, 0.3) is 11.6 Å². The molecule has 7 heteroatoms. The second-order valence-corrected chi connectivity index (χ2v) is 6.59. The standard InChI is InChI=1S/C18H18N3O3.ClH/c1-19-16-10-15(20(23)24)6-7-17(16)21(12-18(19)22)9-8-13-4-2-3-5-14(13)11-21;/h2-7,10H,8-9,11-12H2,1H3;1H/q+1;/p-1. The largest absolute Gasteiger partial charge is 1.00 e. The van der Waals surface area contributed by atoms with E-state index in [9.17, 15) is 14.9 Å². The van der Waals surface area contributed by atoms with E-state index in [4.69, 9.17) is 0 Å². The van der Waals surface area contributed by atoms with Gasteiger partial charge in [0.1, 0.15) is 12.2 Å². The highest BCUT2D eigenvalue weighted by molar-refractivity contribution is 6.02. The van der Waals surface area contributed by atoms with Gasteiger partial charge in [0.05, 0.1) is 11.5 Å². The number of likely N-dealkylation sites (N-methyl/N-ethyl adjacent to an activating group) is 1. The lowest BCUT2D eigenvalue weighted by Gasteiger charge is -2.46. The molecule has 4 rings (SSSR count). The van der Waals surface area contributed by atoms with Crippen molar-refractivity contribution in [1.29, 1.82) is 0 Å². The molecule has 6 nitrogen and oxygen atoms in total. The summed E-state index contributed by atoms with van der Waals surface area (Å²) >= 11 is 0. The van der Waals surface area contributed by atoms with Gasteiger partial charge in [-0.3, -0.25) is 19.4 Å². The van der Waals surface area contributed by atoms with Crippen molar-refractivity contribution in [2.45, 2.75) is 13.0 Å². The van der Waals surface area contributed by atoms with E-state index in [0.717, 1.165) is 25.2 Å². The van der Waals surface area contributed by atoms with E-state index in [0.29, 0.717) is 16.7 Å². The van der Waals surface area contributed by atoms with Crippen molar-refractivity contribution in [3.63, 3.8) is 0 Å². The number of hydrogen-bond acceptors (Lipinski definition) is 3. The summed E-state index contributed by atoms with van der Waals surface area (Å²) < 4.78 is 0.549. The van der Waals surface area contributed by atoms with Gasteiger partial charge >= 0.3 is 0 Å². The molecule has 0 saturated heterocycles. The number of nitro groups is 1. The number of fused-ring (bicyclic) bond motifs is 3. The van der Waals surface area contributed by atoms with E-state index in [1.54, 1.807) is 18.0 Å². The van der Waals surface area contributed by atoms with Crippen LogP contribution in [0.4, 0.5) is 17.1 Å². The highest BCUT2D eigenvalue weighted by Crippen LogP contribution is 2.43. The van der Waals surface area contributed by atoms with Gasteiger partial charge in [0.15, 0.2) is 12.2 Å². The van der Waals surface area contributed by atoms with Crippen LogP contribution in [-0.4, -0.2) is 31.0 Å². The van der Waals surface area contributed by atoms with E-state index in [1.165, 1.54) is 17.2 Å². The smallest absolute Gasteiger partial charge is 0.282 e. The Hall–Kier alpha value is -2.44. The number of carbonyl (C=O) groups excluding carboxylic acids is 1. The quantitative estimate of drug-likeness (QED) is 0.397. The summed E-state index contributed by atoms with van der Waals surface area (Å²) in [6, 6.07) is 13.2. The zero-order chi connectivity index (χ0) is 16.9. The van der Waals surface area contributed by atoms with Gasteiger partial charge in [0.2, 0.25) is 0 Å². The van der Waals surface area contributed by atoms with Crippen molar-refractivity contribution in [3.8, 4) is 0 Å². The number of anilines is 1. The monoisotopic (exact) mass is 359 g/mol. The highest BCUT2D eigenvalue weighted by atomic mass is 35.5. The topological polar surface area (TPSA) is 63.5 Å². The fraction of sp³-hybridized carbons (Fsp3) is 0.278. The van der Waals surface area contributed by atoms with Crippen LogP contribution in [0.15, 0.2) is 42.5 Å². The molecular formula is C18H18ClN3O3. The second kappa shape index (κ2) is 6.13. The zero-order valence-electron chi connectivity index (χ0n) is 13.8. The molecule has 25 heavy (non-hydrogen) atoms. The molecule has 0 radical (unpaired) electrons. The first kappa shape index (κ1) is 17.4. The van der Waals surface area contributed by atoms with Crippen molar-refractivity contribution in [3.05, 3.63) is 63.7 Å². The fourth-order valence-corrected chi connectivity index (χ4v) is 3.92. The predicted molar refractivity (Wildman–Crippen MR) is 91.9 cm³/mol. The van der Waals surface area contributed by atoms with Crippen LogP contribution in [0.25, 0.3) is 0 Å². The molecule has 2 aromatic carbocycles. The average molecular weight is 360 g/mol. The summed E-state index contributed by atoms with van der Waals surface area (Å²) in [7, 11) is 1.69. The van der Waals surface area contributed by atoms with Gasteiger partial charge in [-0.2, -0.15) is 0 Å². The summed E-state index contributed by atoms with van der Waals surface area (Å²) in [6.45, 7) is 1.98. The number of nitrogens with zero attached hydrogens (tertiary/aromatic N) is 3. The summed E-state index contributed by atoms with van der Waals surface area (Å²) in [5.74, 6) is 0.00220. The van der Waals surface area contributed by atoms with Crippen LogP contribution in [0.5, 0.6) is 0 Å². The number of nitro benzene ring substituents is 1. The number of halogens is 1. The molecular weight excluding hydrogens is 342 g/mol. The molecule has 0 bridgehead atoms. The zero-order valence-corrected chi connectivity index (χ0v) is 14.6. The average Bonchev–Trinajstić information content (AvgIpc) is 2.59. The Labute approximate surface area is 151 Å². The van der Waals surface area contributed by atoms with Gasteiger partial charge in [-0.05, 0) is 5.56 Å². The number of amides is 1.